The van der Waals surface area contributed by atoms with Gasteiger partial charge in [0.25, 0.3) is 0 Å². The summed E-state index contributed by atoms with van der Waals surface area (Å²) in [5.74, 6) is -1.24. The number of anilines is 1. The normalized spacial score (nSPS) is 23.6. The fraction of sp³-hybridized carbons (Fsp3) is 0.500. The molecule has 2 rings (SSSR count). The Morgan fingerprint density at radius 2 is 2.35 bits per heavy atom. The first-order valence-corrected chi connectivity index (χ1v) is 5.69. The second-order valence-electron chi connectivity index (χ2n) is 4.03. The zero-order valence-corrected chi connectivity index (χ0v) is 9.75. The first-order valence-electron chi connectivity index (χ1n) is 5.32. The number of primary amides is 1. The standard InChI is InChI=1S/C10H12ClFN4O/c11-10-14-4-6(12)9(16-10)15-7-3-1-2-5(7)8(13)17/h4-5,7H,1-3H2,(H2,13,17)(H,14,15,16)/t5?,7-/m0/s1. The number of hydrogen-bond donors (Lipinski definition) is 2. The van der Waals surface area contributed by atoms with Gasteiger partial charge in [-0.2, -0.15) is 4.98 Å². The van der Waals surface area contributed by atoms with Gasteiger partial charge in [-0.25, -0.2) is 9.37 Å². The maximum absolute atomic E-state index is 13.4. The van der Waals surface area contributed by atoms with Crippen molar-refractivity contribution in [1.29, 1.82) is 0 Å². The average molecular weight is 259 g/mol. The van der Waals surface area contributed by atoms with Crippen LogP contribution in [-0.4, -0.2) is 21.9 Å². The van der Waals surface area contributed by atoms with Gasteiger partial charge in [-0.1, -0.05) is 6.42 Å². The lowest BCUT2D eigenvalue weighted by Crippen LogP contribution is -2.34. The third-order valence-corrected chi connectivity index (χ3v) is 3.10. The summed E-state index contributed by atoms with van der Waals surface area (Å²) in [6, 6.07) is -0.187. The van der Waals surface area contributed by atoms with Gasteiger partial charge in [0.2, 0.25) is 11.2 Å². The number of nitrogens with two attached hydrogens (primary N) is 1. The summed E-state index contributed by atoms with van der Waals surface area (Å²) in [4.78, 5) is 18.4. The van der Waals surface area contributed by atoms with Crippen molar-refractivity contribution in [2.75, 3.05) is 5.32 Å². The van der Waals surface area contributed by atoms with Gasteiger partial charge in [-0.3, -0.25) is 4.79 Å². The molecule has 1 aliphatic carbocycles. The predicted octanol–water partition coefficient (Wildman–Crippen LogP) is 1.33. The van der Waals surface area contributed by atoms with Crippen LogP contribution in [0.15, 0.2) is 6.20 Å². The van der Waals surface area contributed by atoms with Crippen molar-refractivity contribution in [2.45, 2.75) is 25.3 Å². The molecule has 1 saturated carbocycles. The van der Waals surface area contributed by atoms with E-state index < -0.39 is 5.82 Å². The molecule has 1 unspecified atom stereocenters. The van der Waals surface area contributed by atoms with E-state index in [0.29, 0.717) is 6.42 Å². The molecule has 0 bridgehead atoms. The van der Waals surface area contributed by atoms with Crippen molar-refractivity contribution >= 4 is 23.3 Å². The van der Waals surface area contributed by atoms with Gasteiger partial charge in [0.05, 0.1) is 12.1 Å². The molecule has 0 spiro atoms. The molecule has 1 aliphatic rings. The zero-order chi connectivity index (χ0) is 12.4. The molecule has 1 amide bonds. The second kappa shape index (κ2) is 4.83. The topological polar surface area (TPSA) is 80.9 Å². The number of hydrogen-bond acceptors (Lipinski definition) is 4. The van der Waals surface area contributed by atoms with Crippen LogP contribution >= 0.6 is 11.6 Å². The van der Waals surface area contributed by atoms with Crippen LogP contribution in [0.5, 0.6) is 0 Å². The van der Waals surface area contributed by atoms with Crippen molar-refractivity contribution in [3.05, 3.63) is 17.3 Å². The van der Waals surface area contributed by atoms with Crippen LogP contribution in [0.2, 0.25) is 5.28 Å². The van der Waals surface area contributed by atoms with Gasteiger partial charge in [0, 0.05) is 6.04 Å². The molecular formula is C10H12ClFN4O. The number of halogens is 2. The molecule has 0 saturated heterocycles. The Balaban J connectivity index is 2.15. The van der Waals surface area contributed by atoms with Crippen molar-refractivity contribution in [2.24, 2.45) is 11.7 Å². The lowest BCUT2D eigenvalue weighted by molar-refractivity contribution is -0.121. The highest BCUT2D eigenvalue weighted by molar-refractivity contribution is 6.28. The van der Waals surface area contributed by atoms with Crippen LogP contribution in [0.25, 0.3) is 0 Å². The van der Waals surface area contributed by atoms with Gasteiger partial charge in [-0.15, -0.1) is 0 Å². The molecule has 1 aromatic heterocycles. The van der Waals surface area contributed by atoms with Gasteiger partial charge in [-0.05, 0) is 24.4 Å². The van der Waals surface area contributed by atoms with Gasteiger partial charge in [0.1, 0.15) is 0 Å². The monoisotopic (exact) mass is 258 g/mol. The number of nitrogens with one attached hydrogen (secondary N) is 1. The van der Waals surface area contributed by atoms with Crippen molar-refractivity contribution in [3.63, 3.8) is 0 Å². The molecule has 5 nitrogen and oxygen atoms in total. The van der Waals surface area contributed by atoms with Crippen LogP contribution in [-0.2, 0) is 4.79 Å². The van der Waals surface area contributed by atoms with E-state index in [1.165, 1.54) is 0 Å². The zero-order valence-electron chi connectivity index (χ0n) is 8.99. The van der Waals surface area contributed by atoms with Crippen molar-refractivity contribution < 1.29 is 9.18 Å². The van der Waals surface area contributed by atoms with E-state index in [-0.39, 0.29) is 29.0 Å². The summed E-state index contributed by atoms with van der Waals surface area (Å²) in [5.41, 5.74) is 5.28. The fourth-order valence-electron chi connectivity index (χ4n) is 2.10. The maximum Gasteiger partial charge on any atom is 0.224 e. The Morgan fingerprint density at radius 1 is 1.59 bits per heavy atom. The minimum absolute atomic E-state index is 0.0168. The van der Waals surface area contributed by atoms with Crippen LogP contribution in [0.3, 0.4) is 0 Å². The maximum atomic E-state index is 13.4. The average Bonchev–Trinajstić information content (AvgIpc) is 2.71. The molecule has 1 fully saturated rings. The molecule has 2 atom stereocenters. The van der Waals surface area contributed by atoms with Crippen LogP contribution in [0.4, 0.5) is 10.2 Å². The highest BCUT2D eigenvalue weighted by atomic mass is 35.5. The van der Waals surface area contributed by atoms with Crippen molar-refractivity contribution in [3.8, 4) is 0 Å². The van der Waals surface area contributed by atoms with E-state index in [1.807, 2.05) is 0 Å². The molecule has 92 valence electrons. The minimum atomic E-state index is -0.593. The molecule has 0 aromatic carbocycles. The van der Waals surface area contributed by atoms with Crippen LogP contribution in [0, 0.1) is 11.7 Å². The van der Waals surface area contributed by atoms with Gasteiger partial charge in [0.15, 0.2) is 11.6 Å². The molecule has 7 heteroatoms. The third kappa shape index (κ3) is 2.63. The van der Waals surface area contributed by atoms with E-state index in [9.17, 15) is 9.18 Å². The van der Waals surface area contributed by atoms with E-state index in [2.05, 4.69) is 15.3 Å². The Kier molecular flexibility index (Phi) is 3.42. The SMILES string of the molecule is NC(=O)C1CCC[C@@H]1Nc1nc(Cl)ncc1F. The Hall–Kier alpha value is -1.43. The van der Waals surface area contributed by atoms with Gasteiger partial charge >= 0.3 is 0 Å². The van der Waals surface area contributed by atoms with E-state index in [1.54, 1.807) is 0 Å². The Labute approximate surface area is 103 Å². The quantitative estimate of drug-likeness (QED) is 0.802. The number of amides is 1. The predicted molar refractivity (Wildman–Crippen MR) is 60.9 cm³/mol. The highest BCUT2D eigenvalue weighted by Crippen LogP contribution is 2.28. The van der Waals surface area contributed by atoms with E-state index in [0.717, 1.165) is 19.0 Å². The summed E-state index contributed by atoms with van der Waals surface area (Å²) in [6.45, 7) is 0. The second-order valence-corrected chi connectivity index (χ2v) is 4.36. The summed E-state index contributed by atoms with van der Waals surface area (Å²) in [5, 5.41) is 2.83. The van der Waals surface area contributed by atoms with E-state index >= 15 is 0 Å². The number of nitrogens with zero attached hydrogens (tertiary/aromatic N) is 2. The van der Waals surface area contributed by atoms with Crippen LogP contribution < -0.4 is 11.1 Å². The molecule has 1 aromatic rings. The molecule has 3 N–H and O–H groups in total. The summed E-state index contributed by atoms with van der Waals surface area (Å²) in [7, 11) is 0. The molecule has 0 aliphatic heterocycles. The third-order valence-electron chi connectivity index (χ3n) is 2.92. The Morgan fingerprint density at radius 3 is 3.06 bits per heavy atom. The van der Waals surface area contributed by atoms with Crippen LogP contribution in [0.1, 0.15) is 19.3 Å². The first kappa shape index (κ1) is 12.0. The summed E-state index contributed by atoms with van der Waals surface area (Å²) in [6.07, 6.45) is 3.35. The molecule has 0 radical (unpaired) electrons. The highest BCUT2D eigenvalue weighted by Gasteiger charge is 2.32. The lowest BCUT2D eigenvalue weighted by Gasteiger charge is -2.18. The van der Waals surface area contributed by atoms with E-state index in [4.69, 9.17) is 17.3 Å². The fourth-order valence-corrected chi connectivity index (χ4v) is 2.23. The lowest BCUT2D eigenvalue weighted by atomic mass is 10.0. The summed E-state index contributed by atoms with van der Waals surface area (Å²) < 4.78 is 13.4. The number of carbonyl (C=O) groups is 1. The largest absolute Gasteiger partial charge is 0.369 e. The smallest absolute Gasteiger partial charge is 0.224 e. The molecular weight excluding hydrogens is 247 g/mol. The summed E-state index contributed by atoms with van der Waals surface area (Å²) >= 11 is 5.58. The molecule has 17 heavy (non-hydrogen) atoms. The number of carbonyl (C=O) groups excluding carboxylic acids is 1. The first-order chi connectivity index (χ1) is 8.08. The van der Waals surface area contributed by atoms with Crippen molar-refractivity contribution in [1.82, 2.24) is 9.97 Å². The number of rotatable bonds is 3. The number of aromatic nitrogens is 2. The minimum Gasteiger partial charge on any atom is -0.369 e. The Bertz CT molecular complexity index is 442. The molecule has 1 heterocycles. The van der Waals surface area contributed by atoms with Gasteiger partial charge < -0.3 is 11.1 Å².